The monoisotopic (exact) mass is 352 g/mol. The van der Waals surface area contributed by atoms with Crippen molar-refractivity contribution in [2.75, 3.05) is 11.4 Å². The molecule has 0 aliphatic carbocycles. The number of carbonyl (C=O) groups excluding carboxylic acids is 3. The van der Waals surface area contributed by atoms with Crippen LogP contribution in [0.4, 0.5) is 10.5 Å². The molecule has 1 saturated heterocycles. The largest absolute Gasteiger partial charge is 0.345 e. The van der Waals surface area contributed by atoms with Crippen molar-refractivity contribution in [3.63, 3.8) is 0 Å². The quantitative estimate of drug-likeness (QED) is 0.864. The Kier molecular flexibility index (Phi) is 5.26. The van der Waals surface area contributed by atoms with Gasteiger partial charge in [-0.2, -0.15) is 0 Å². The van der Waals surface area contributed by atoms with Crippen LogP contribution < -0.4 is 15.5 Å². The highest BCUT2D eigenvalue weighted by atomic mass is 16.2. The summed E-state index contributed by atoms with van der Waals surface area (Å²) in [5.74, 6) is -0.578. The number of benzene rings is 1. The molecule has 4 amide bonds. The van der Waals surface area contributed by atoms with E-state index in [0.29, 0.717) is 11.3 Å². The maximum Gasteiger partial charge on any atom is 0.328 e. The summed E-state index contributed by atoms with van der Waals surface area (Å²) in [7, 11) is 0. The number of amides is 4. The second-order valence-corrected chi connectivity index (χ2v) is 5.99. The molecule has 26 heavy (non-hydrogen) atoms. The fourth-order valence-electron chi connectivity index (χ4n) is 2.95. The van der Waals surface area contributed by atoms with Gasteiger partial charge in [0.05, 0.1) is 17.3 Å². The van der Waals surface area contributed by atoms with Crippen LogP contribution in [0.3, 0.4) is 0 Å². The number of para-hydroxylation sites is 1. The number of nitrogens with one attached hydrogen (secondary N) is 2. The first kappa shape index (κ1) is 17.6. The standard InChI is InChI=1S/C19H20N4O3/c1-2-15(13-7-10-20-11-8-13)21-18(25)14-5-3-4-6-16(14)23-12-9-17(24)22-19(23)26/h3-8,10-11,15H,2,9,12H2,1H3,(H,21,25)(H,22,24,26)/t15-/m0/s1. The lowest BCUT2D eigenvalue weighted by atomic mass is 10.0. The highest BCUT2D eigenvalue weighted by molar-refractivity contribution is 6.09. The maximum atomic E-state index is 12.9. The number of nitrogens with zero attached hydrogens (tertiary/aromatic N) is 2. The van der Waals surface area contributed by atoms with Crippen molar-refractivity contribution in [1.29, 1.82) is 0 Å². The van der Waals surface area contributed by atoms with Gasteiger partial charge in [0.1, 0.15) is 0 Å². The van der Waals surface area contributed by atoms with Crippen LogP contribution in [0.5, 0.6) is 0 Å². The lowest BCUT2D eigenvalue weighted by molar-refractivity contribution is -0.120. The molecule has 0 unspecified atom stereocenters. The first-order valence-corrected chi connectivity index (χ1v) is 8.51. The molecule has 1 aromatic carbocycles. The van der Waals surface area contributed by atoms with Crippen LogP contribution in [-0.4, -0.2) is 29.4 Å². The van der Waals surface area contributed by atoms with E-state index < -0.39 is 6.03 Å². The van der Waals surface area contributed by atoms with E-state index in [9.17, 15) is 14.4 Å². The van der Waals surface area contributed by atoms with E-state index >= 15 is 0 Å². The van der Waals surface area contributed by atoms with Crippen LogP contribution in [0.15, 0.2) is 48.8 Å². The normalized spacial score (nSPS) is 15.3. The summed E-state index contributed by atoms with van der Waals surface area (Å²) in [6.07, 6.45) is 4.30. The van der Waals surface area contributed by atoms with Crippen molar-refractivity contribution in [1.82, 2.24) is 15.6 Å². The highest BCUT2D eigenvalue weighted by Crippen LogP contribution is 2.24. The Hall–Kier alpha value is -3.22. The van der Waals surface area contributed by atoms with E-state index in [1.165, 1.54) is 4.90 Å². The van der Waals surface area contributed by atoms with Crippen LogP contribution in [0, 0.1) is 0 Å². The van der Waals surface area contributed by atoms with E-state index in [4.69, 9.17) is 0 Å². The van der Waals surface area contributed by atoms with E-state index in [0.717, 1.165) is 12.0 Å². The zero-order valence-electron chi connectivity index (χ0n) is 14.4. The summed E-state index contributed by atoms with van der Waals surface area (Å²) in [5.41, 5.74) is 1.85. The number of aromatic nitrogens is 1. The van der Waals surface area contributed by atoms with Gasteiger partial charge in [-0.3, -0.25) is 24.8 Å². The molecule has 0 radical (unpaired) electrons. The molecule has 3 rings (SSSR count). The molecular formula is C19H20N4O3. The predicted molar refractivity (Wildman–Crippen MR) is 96.7 cm³/mol. The molecular weight excluding hydrogens is 332 g/mol. The summed E-state index contributed by atoms with van der Waals surface area (Å²) in [6, 6.07) is 9.95. The zero-order valence-corrected chi connectivity index (χ0v) is 14.4. The van der Waals surface area contributed by atoms with Gasteiger partial charge >= 0.3 is 6.03 Å². The van der Waals surface area contributed by atoms with Gasteiger partial charge in [-0.1, -0.05) is 19.1 Å². The first-order chi connectivity index (χ1) is 12.6. The Labute approximate surface area is 151 Å². The molecule has 2 aromatic rings. The van der Waals surface area contributed by atoms with E-state index in [1.807, 2.05) is 19.1 Å². The lowest BCUT2D eigenvalue weighted by Crippen LogP contribution is -2.50. The van der Waals surface area contributed by atoms with Gasteiger partial charge in [0.15, 0.2) is 0 Å². The van der Waals surface area contributed by atoms with Gasteiger partial charge in [0, 0.05) is 25.4 Å². The Morgan fingerprint density at radius 2 is 1.96 bits per heavy atom. The summed E-state index contributed by atoms with van der Waals surface area (Å²) < 4.78 is 0. The number of imide groups is 1. The number of urea groups is 1. The van der Waals surface area contributed by atoms with Crippen molar-refractivity contribution in [3.8, 4) is 0 Å². The molecule has 1 atom stereocenters. The fraction of sp³-hybridized carbons (Fsp3) is 0.263. The van der Waals surface area contributed by atoms with Crippen LogP contribution in [0.2, 0.25) is 0 Å². The summed E-state index contributed by atoms with van der Waals surface area (Å²) in [4.78, 5) is 41.8. The molecule has 7 heteroatoms. The topological polar surface area (TPSA) is 91.4 Å². The van der Waals surface area contributed by atoms with Gasteiger partial charge < -0.3 is 5.32 Å². The van der Waals surface area contributed by atoms with Crippen LogP contribution in [-0.2, 0) is 4.79 Å². The van der Waals surface area contributed by atoms with Crippen LogP contribution in [0.1, 0.15) is 41.7 Å². The molecule has 1 fully saturated rings. The van der Waals surface area contributed by atoms with Crippen LogP contribution in [0.25, 0.3) is 0 Å². The number of hydrogen-bond donors (Lipinski definition) is 2. The second-order valence-electron chi connectivity index (χ2n) is 5.99. The van der Waals surface area contributed by atoms with Gasteiger partial charge in [-0.15, -0.1) is 0 Å². The van der Waals surface area contributed by atoms with Crippen LogP contribution >= 0.6 is 0 Å². The molecule has 1 aliphatic rings. The molecule has 1 aliphatic heterocycles. The van der Waals surface area contributed by atoms with Crippen molar-refractivity contribution < 1.29 is 14.4 Å². The molecule has 0 saturated carbocycles. The summed E-state index contributed by atoms with van der Waals surface area (Å²) in [6.45, 7) is 2.23. The molecule has 2 heterocycles. The third-order valence-corrected chi connectivity index (χ3v) is 4.32. The first-order valence-electron chi connectivity index (χ1n) is 8.51. The second kappa shape index (κ2) is 7.77. The Morgan fingerprint density at radius 1 is 1.23 bits per heavy atom. The minimum atomic E-state index is -0.511. The fourth-order valence-corrected chi connectivity index (χ4v) is 2.95. The van der Waals surface area contributed by atoms with E-state index in [1.54, 1.807) is 36.7 Å². The summed E-state index contributed by atoms with van der Waals surface area (Å²) in [5, 5.41) is 5.29. The van der Waals surface area contributed by atoms with E-state index in [2.05, 4.69) is 15.6 Å². The van der Waals surface area contributed by atoms with Gasteiger partial charge in [0.25, 0.3) is 5.91 Å². The summed E-state index contributed by atoms with van der Waals surface area (Å²) >= 11 is 0. The maximum absolute atomic E-state index is 12.9. The Balaban J connectivity index is 1.84. The molecule has 7 nitrogen and oxygen atoms in total. The number of carbonyl (C=O) groups is 3. The molecule has 134 valence electrons. The van der Waals surface area contributed by atoms with Crippen molar-refractivity contribution >= 4 is 23.5 Å². The molecule has 2 N–H and O–H groups in total. The van der Waals surface area contributed by atoms with E-state index in [-0.39, 0.29) is 30.8 Å². The average molecular weight is 352 g/mol. The van der Waals surface area contributed by atoms with Gasteiger partial charge in [-0.05, 0) is 36.2 Å². The predicted octanol–water partition coefficient (Wildman–Crippen LogP) is 2.41. The molecule has 0 spiro atoms. The molecule has 1 aromatic heterocycles. The van der Waals surface area contributed by atoms with Crippen molar-refractivity contribution in [2.24, 2.45) is 0 Å². The third-order valence-electron chi connectivity index (χ3n) is 4.32. The lowest BCUT2D eigenvalue weighted by Gasteiger charge is -2.28. The van der Waals surface area contributed by atoms with Gasteiger partial charge in [0.2, 0.25) is 5.91 Å². The van der Waals surface area contributed by atoms with Gasteiger partial charge in [-0.25, -0.2) is 4.79 Å². The Morgan fingerprint density at radius 3 is 2.65 bits per heavy atom. The smallest absolute Gasteiger partial charge is 0.328 e. The Bertz CT molecular complexity index is 823. The highest BCUT2D eigenvalue weighted by Gasteiger charge is 2.27. The average Bonchev–Trinajstić information content (AvgIpc) is 2.66. The minimum Gasteiger partial charge on any atom is -0.345 e. The number of rotatable bonds is 5. The number of hydrogen-bond acceptors (Lipinski definition) is 4. The number of anilines is 1. The molecule has 0 bridgehead atoms. The van der Waals surface area contributed by atoms with Crippen molar-refractivity contribution in [3.05, 3.63) is 59.9 Å². The number of pyridine rings is 1. The van der Waals surface area contributed by atoms with Crippen molar-refractivity contribution in [2.45, 2.75) is 25.8 Å². The zero-order chi connectivity index (χ0) is 18.5. The SMILES string of the molecule is CC[C@H](NC(=O)c1ccccc1N1CCC(=O)NC1=O)c1ccncc1. The minimum absolute atomic E-state index is 0.157. The third kappa shape index (κ3) is 3.72.